The number of hydrogen-bond donors (Lipinski definition) is 1. The number of rotatable bonds is 2. The van der Waals surface area contributed by atoms with Crippen molar-refractivity contribution in [2.75, 3.05) is 14.2 Å². The Morgan fingerprint density at radius 2 is 2.00 bits per heavy atom. The first-order chi connectivity index (χ1) is 5.65. The topological polar surface area (TPSA) is 68.1 Å². The lowest BCUT2D eigenvalue weighted by Crippen LogP contribution is -2.05. The predicted octanol–water partition coefficient (Wildman–Crippen LogP) is 0.624. The van der Waals surface area contributed by atoms with Crippen molar-refractivity contribution >= 4 is 11.9 Å². The van der Waals surface area contributed by atoms with E-state index in [0.717, 1.165) is 0 Å². The zero-order chi connectivity index (χ0) is 9.56. The minimum Gasteiger partial charge on any atom is -0.513 e. The molecule has 0 aromatic rings. The van der Waals surface area contributed by atoms with E-state index in [1.165, 1.54) is 14.2 Å². The number of methoxy groups -OCH3 is 2. The lowest BCUT2D eigenvalue weighted by Gasteiger charge is -1.99. The van der Waals surface area contributed by atoms with Crippen LogP contribution in [-0.2, 0) is 14.3 Å². The summed E-state index contributed by atoms with van der Waals surface area (Å²) in [5.41, 5.74) is -0.197. The van der Waals surface area contributed by atoms with Gasteiger partial charge >= 0.3 is 5.97 Å². The van der Waals surface area contributed by atoms with Crippen LogP contribution in [0.2, 0.25) is 0 Å². The molecule has 0 radical (unpaired) electrons. The van der Waals surface area contributed by atoms with Gasteiger partial charge in [-0.05, 0) is 0 Å². The van der Waals surface area contributed by atoms with Crippen molar-refractivity contribution in [2.45, 2.75) is 6.92 Å². The second-order valence-electron chi connectivity index (χ2n) is 1.84. The average Bonchev–Trinajstić information content (AvgIpc) is 2.12. The Hall–Kier alpha value is -1.52. The van der Waals surface area contributed by atoms with Crippen molar-refractivity contribution < 1.29 is 19.4 Å². The molecule has 0 spiro atoms. The smallest absolute Gasteiger partial charge is 0.360 e. The standard InChI is InChI=1S/C7H11NO4/c1-5(11-2)8-6(4-9)7(10)12-3/h4,9H,1-3H3/b6-4+,8-5?. The van der Waals surface area contributed by atoms with Crippen LogP contribution in [0, 0.1) is 0 Å². The molecule has 0 unspecified atom stereocenters. The number of nitrogens with zero attached hydrogens (tertiary/aromatic N) is 1. The van der Waals surface area contributed by atoms with E-state index in [1.807, 2.05) is 0 Å². The number of hydrogen-bond acceptors (Lipinski definition) is 5. The molecule has 0 heterocycles. The summed E-state index contributed by atoms with van der Waals surface area (Å²) in [7, 11) is 2.61. The molecule has 0 atom stereocenters. The highest BCUT2D eigenvalue weighted by molar-refractivity contribution is 5.91. The van der Waals surface area contributed by atoms with E-state index >= 15 is 0 Å². The largest absolute Gasteiger partial charge is 0.513 e. The lowest BCUT2D eigenvalue weighted by molar-refractivity contribution is -0.136. The van der Waals surface area contributed by atoms with Crippen LogP contribution < -0.4 is 0 Å². The summed E-state index contributed by atoms with van der Waals surface area (Å²) in [5.74, 6) is -0.449. The van der Waals surface area contributed by atoms with E-state index in [9.17, 15) is 4.79 Å². The zero-order valence-corrected chi connectivity index (χ0v) is 7.20. The molecular weight excluding hydrogens is 162 g/mol. The molecule has 0 aromatic carbocycles. The Morgan fingerprint density at radius 3 is 2.33 bits per heavy atom. The van der Waals surface area contributed by atoms with E-state index in [0.29, 0.717) is 6.26 Å². The molecule has 0 aromatic heterocycles. The number of ether oxygens (including phenoxy) is 2. The predicted molar refractivity (Wildman–Crippen MR) is 42.8 cm³/mol. The summed E-state index contributed by atoms with van der Waals surface area (Å²) in [6, 6.07) is 0. The van der Waals surface area contributed by atoms with Gasteiger partial charge in [0.05, 0.1) is 14.2 Å². The van der Waals surface area contributed by atoms with Gasteiger partial charge in [0.1, 0.15) is 6.26 Å². The Labute approximate surface area is 70.3 Å². The fourth-order valence-electron chi connectivity index (χ4n) is 0.447. The average molecular weight is 173 g/mol. The first kappa shape index (κ1) is 10.5. The third-order valence-electron chi connectivity index (χ3n) is 1.09. The maximum Gasteiger partial charge on any atom is 0.360 e. The number of aliphatic hydroxyl groups excluding tert-OH is 1. The number of carbonyl (C=O) groups is 1. The normalized spacial score (nSPS) is 12.6. The van der Waals surface area contributed by atoms with Crippen molar-refractivity contribution in [2.24, 2.45) is 4.99 Å². The van der Waals surface area contributed by atoms with E-state index in [1.54, 1.807) is 6.92 Å². The molecule has 68 valence electrons. The molecule has 1 N–H and O–H groups in total. The van der Waals surface area contributed by atoms with E-state index < -0.39 is 5.97 Å². The fourth-order valence-corrected chi connectivity index (χ4v) is 0.447. The molecule has 12 heavy (non-hydrogen) atoms. The summed E-state index contributed by atoms with van der Waals surface area (Å²) in [6.07, 6.45) is 0.564. The molecule has 0 saturated carbocycles. The van der Waals surface area contributed by atoms with Crippen LogP contribution in [-0.4, -0.2) is 31.2 Å². The minimum atomic E-state index is -0.714. The van der Waals surface area contributed by atoms with Gasteiger partial charge in [-0.2, -0.15) is 0 Å². The van der Waals surface area contributed by atoms with Crippen molar-refractivity contribution in [1.29, 1.82) is 0 Å². The molecule has 0 aliphatic carbocycles. The minimum absolute atomic E-state index is 0.197. The van der Waals surface area contributed by atoms with E-state index in [-0.39, 0.29) is 11.6 Å². The third-order valence-corrected chi connectivity index (χ3v) is 1.09. The summed E-state index contributed by atoms with van der Waals surface area (Å²) in [4.78, 5) is 14.4. The molecule has 0 saturated heterocycles. The number of carbonyl (C=O) groups excluding carboxylic acids is 1. The Morgan fingerprint density at radius 1 is 1.42 bits per heavy atom. The summed E-state index contributed by atoms with van der Waals surface area (Å²) >= 11 is 0. The van der Waals surface area contributed by atoms with Crippen LogP contribution in [0.3, 0.4) is 0 Å². The van der Waals surface area contributed by atoms with Crippen LogP contribution >= 0.6 is 0 Å². The van der Waals surface area contributed by atoms with Crippen molar-refractivity contribution in [1.82, 2.24) is 0 Å². The molecule has 0 aliphatic rings. The zero-order valence-electron chi connectivity index (χ0n) is 7.20. The molecule has 0 fully saturated rings. The van der Waals surface area contributed by atoms with Gasteiger partial charge in [-0.25, -0.2) is 9.79 Å². The quantitative estimate of drug-likeness (QED) is 0.218. The first-order valence-electron chi connectivity index (χ1n) is 3.17. The van der Waals surface area contributed by atoms with Gasteiger partial charge in [0.25, 0.3) is 0 Å². The van der Waals surface area contributed by atoms with Gasteiger partial charge in [0.15, 0.2) is 11.6 Å². The Kier molecular flexibility index (Phi) is 4.52. The highest BCUT2D eigenvalue weighted by atomic mass is 16.5. The van der Waals surface area contributed by atoms with Gasteiger partial charge in [-0.3, -0.25) is 0 Å². The monoisotopic (exact) mass is 173 g/mol. The molecule has 0 bridgehead atoms. The van der Waals surface area contributed by atoms with Gasteiger partial charge in [0.2, 0.25) is 0 Å². The molecule has 5 heteroatoms. The molecule has 0 aliphatic heterocycles. The molecular formula is C7H11NO4. The van der Waals surface area contributed by atoms with Gasteiger partial charge in [0, 0.05) is 6.92 Å². The third kappa shape index (κ3) is 3.05. The van der Waals surface area contributed by atoms with Gasteiger partial charge < -0.3 is 14.6 Å². The van der Waals surface area contributed by atoms with E-state index in [2.05, 4.69) is 14.5 Å². The molecule has 0 rings (SSSR count). The van der Waals surface area contributed by atoms with Crippen molar-refractivity contribution in [3.8, 4) is 0 Å². The van der Waals surface area contributed by atoms with Crippen LogP contribution in [0.5, 0.6) is 0 Å². The molecule has 0 amide bonds. The Balaban J connectivity index is 4.50. The highest BCUT2D eigenvalue weighted by Crippen LogP contribution is 1.99. The highest BCUT2D eigenvalue weighted by Gasteiger charge is 2.08. The maximum atomic E-state index is 10.8. The fraction of sp³-hybridized carbons (Fsp3) is 0.429. The maximum absolute atomic E-state index is 10.8. The van der Waals surface area contributed by atoms with Crippen LogP contribution in [0.15, 0.2) is 17.0 Å². The summed E-state index contributed by atoms with van der Waals surface area (Å²) < 4.78 is 8.99. The lowest BCUT2D eigenvalue weighted by atomic mass is 10.5. The number of aliphatic imine (C=N–C) groups is 1. The van der Waals surface area contributed by atoms with Crippen LogP contribution in [0.25, 0.3) is 0 Å². The summed E-state index contributed by atoms with van der Waals surface area (Å²) in [5, 5.41) is 8.55. The van der Waals surface area contributed by atoms with Crippen molar-refractivity contribution in [3.05, 3.63) is 12.0 Å². The van der Waals surface area contributed by atoms with E-state index in [4.69, 9.17) is 5.11 Å². The Bertz CT molecular complexity index is 219. The SMILES string of the molecule is COC(=O)/C(=C\O)N=C(C)OC. The molecule has 5 nitrogen and oxygen atoms in total. The van der Waals surface area contributed by atoms with Gasteiger partial charge in [-0.1, -0.05) is 0 Å². The second kappa shape index (κ2) is 5.17. The number of aliphatic hydroxyl groups is 1. The summed E-state index contributed by atoms with van der Waals surface area (Å²) in [6.45, 7) is 1.55. The number of esters is 1. The van der Waals surface area contributed by atoms with Crippen LogP contribution in [0.4, 0.5) is 0 Å². The van der Waals surface area contributed by atoms with Crippen LogP contribution in [0.1, 0.15) is 6.92 Å². The second-order valence-corrected chi connectivity index (χ2v) is 1.84. The van der Waals surface area contributed by atoms with Crippen molar-refractivity contribution in [3.63, 3.8) is 0 Å². The first-order valence-corrected chi connectivity index (χ1v) is 3.17. The van der Waals surface area contributed by atoms with Gasteiger partial charge in [-0.15, -0.1) is 0 Å².